The maximum absolute atomic E-state index is 4.97. The van der Waals surface area contributed by atoms with Crippen LogP contribution in [0.5, 0.6) is 0 Å². The number of methoxy groups -OCH3 is 1. The monoisotopic (exact) mass is 375 g/mol. The van der Waals surface area contributed by atoms with Gasteiger partial charge in [-0.15, -0.1) is 10.2 Å². The SMILES string of the molecule is COCCNCc1nnc(-c2cccc(I)c2)s1. The Labute approximate surface area is 124 Å². The van der Waals surface area contributed by atoms with Crippen molar-refractivity contribution in [2.75, 3.05) is 20.3 Å². The number of hydrogen-bond donors (Lipinski definition) is 1. The lowest BCUT2D eigenvalue weighted by atomic mass is 10.2. The van der Waals surface area contributed by atoms with Gasteiger partial charge < -0.3 is 10.1 Å². The van der Waals surface area contributed by atoms with Crippen LogP contribution in [0.15, 0.2) is 24.3 Å². The number of halogens is 1. The standard InChI is InChI=1S/C12H14IN3OS/c1-17-6-5-14-8-11-15-16-12(18-11)9-3-2-4-10(13)7-9/h2-4,7,14H,5-6,8H2,1H3. The predicted octanol–water partition coefficient (Wildman–Crippen LogP) is 2.55. The zero-order valence-electron chi connectivity index (χ0n) is 10.0. The van der Waals surface area contributed by atoms with Gasteiger partial charge in [-0.05, 0) is 34.7 Å². The molecule has 0 radical (unpaired) electrons. The van der Waals surface area contributed by atoms with Gasteiger partial charge in [0.2, 0.25) is 0 Å². The Kier molecular flexibility index (Phi) is 5.48. The van der Waals surface area contributed by atoms with E-state index in [0.29, 0.717) is 6.61 Å². The maximum atomic E-state index is 4.97. The van der Waals surface area contributed by atoms with Crippen LogP contribution in [0.4, 0.5) is 0 Å². The second-order valence-corrected chi connectivity index (χ2v) is 5.99. The Morgan fingerprint density at radius 1 is 1.39 bits per heavy atom. The number of rotatable bonds is 6. The molecule has 18 heavy (non-hydrogen) atoms. The highest BCUT2D eigenvalue weighted by Gasteiger charge is 2.06. The van der Waals surface area contributed by atoms with Crippen molar-refractivity contribution in [3.8, 4) is 10.6 Å². The molecule has 6 heteroatoms. The van der Waals surface area contributed by atoms with Crippen molar-refractivity contribution in [3.05, 3.63) is 32.8 Å². The first-order valence-corrected chi connectivity index (χ1v) is 7.47. The van der Waals surface area contributed by atoms with Gasteiger partial charge in [-0.3, -0.25) is 0 Å². The van der Waals surface area contributed by atoms with Crippen molar-refractivity contribution in [2.24, 2.45) is 0 Å². The second kappa shape index (κ2) is 7.13. The summed E-state index contributed by atoms with van der Waals surface area (Å²) in [5, 5.41) is 13.6. The van der Waals surface area contributed by atoms with Crippen molar-refractivity contribution in [1.29, 1.82) is 0 Å². The van der Waals surface area contributed by atoms with Crippen molar-refractivity contribution in [2.45, 2.75) is 6.54 Å². The van der Waals surface area contributed by atoms with E-state index in [1.54, 1.807) is 18.4 Å². The number of hydrogen-bond acceptors (Lipinski definition) is 5. The molecule has 1 aromatic carbocycles. The first-order chi connectivity index (χ1) is 8.79. The Balaban J connectivity index is 1.97. The van der Waals surface area contributed by atoms with E-state index in [1.165, 1.54) is 3.57 Å². The molecule has 1 aromatic heterocycles. The third kappa shape index (κ3) is 3.98. The lowest BCUT2D eigenvalue weighted by molar-refractivity contribution is 0.199. The van der Waals surface area contributed by atoms with Crippen LogP contribution in [0.25, 0.3) is 10.6 Å². The molecule has 0 aliphatic rings. The summed E-state index contributed by atoms with van der Waals surface area (Å²) in [5.41, 5.74) is 1.13. The molecule has 0 saturated heterocycles. The Morgan fingerprint density at radius 2 is 2.28 bits per heavy atom. The molecule has 96 valence electrons. The molecule has 0 bridgehead atoms. The molecule has 0 aliphatic heterocycles. The fourth-order valence-electron chi connectivity index (χ4n) is 1.43. The van der Waals surface area contributed by atoms with E-state index in [4.69, 9.17) is 4.74 Å². The smallest absolute Gasteiger partial charge is 0.147 e. The molecular weight excluding hydrogens is 361 g/mol. The zero-order chi connectivity index (χ0) is 12.8. The third-order valence-corrected chi connectivity index (χ3v) is 3.94. The van der Waals surface area contributed by atoms with Gasteiger partial charge in [0.25, 0.3) is 0 Å². The summed E-state index contributed by atoms with van der Waals surface area (Å²) in [6.45, 7) is 2.28. The largest absolute Gasteiger partial charge is 0.383 e. The third-order valence-electron chi connectivity index (χ3n) is 2.30. The molecule has 0 unspecified atom stereocenters. The van der Waals surface area contributed by atoms with Crippen LogP contribution in [0.2, 0.25) is 0 Å². The topological polar surface area (TPSA) is 47.0 Å². The molecule has 0 amide bonds. The summed E-state index contributed by atoms with van der Waals surface area (Å²) in [5.74, 6) is 0. The lowest BCUT2D eigenvalue weighted by Gasteiger charge is -1.99. The van der Waals surface area contributed by atoms with E-state index in [9.17, 15) is 0 Å². The van der Waals surface area contributed by atoms with Crippen molar-refractivity contribution in [3.63, 3.8) is 0 Å². The Hall–Kier alpha value is -0.570. The van der Waals surface area contributed by atoms with Gasteiger partial charge in [-0.25, -0.2) is 0 Å². The number of nitrogens with one attached hydrogen (secondary N) is 1. The van der Waals surface area contributed by atoms with Gasteiger partial charge in [0.15, 0.2) is 0 Å². The van der Waals surface area contributed by atoms with Gasteiger partial charge in [0, 0.05) is 29.3 Å². The molecular formula is C12H14IN3OS. The van der Waals surface area contributed by atoms with Crippen LogP contribution < -0.4 is 5.32 Å². The fourth-order valence-corrected chi connectivity index (χ4v) is 2.78. The first-order valence-electron chi connectivity index (χ1n) is 5.57. The molecule has 0 atom stereocenters. The highest BCUT2D eigenvalue weighted by atomic mass is 127. The molecule has 0 spiro atoms. The Bertz CT molecular complexity index is 504. The van der Waals surface area contributed by atoms with E-state index in [2.05, 4.69) is 56.3 Å². The zero-order valence-corrected chi connectivity index (χ0v) is 13.0. The van der Waals surface area contributed by atoms with E-state index in [-0.39, 0.29) is 0 Å². The second-order valence-electron chi connectivity index (χ2n) is 3.68. The average Bonchev–Trinajstić information content (AvgIpc) is 2.83. The van der Waals surface area contributed by atoms with Crippen LogP contribution in [0.3, 0.4) is 0 Å². The van der Waals surface area contributed by atoms with Crippen molar-refractivity contribution < 1.29 is 4.74 Å². The van der Waals surface area contributed by atoms with Gasteiger partial charge in [-0.2, -0.15) is 0 Å². The van der Waals surface area contributed by atoms with E-state index in [0.717, 1.165) is 28.7 Å². The normalized spacial score (nSPS) is 10.8. The molecule has 0 aliphatic carbocycles. The number of nitrogens with zero attached hydrogens (tertiary/aromatic N) is 2. The maximum Gasteiger partial charge on any atom is 0.147 e. The van der Waals surface area contributed by atoms with Gasteiger partial charge in [-0.1, -0.05) is 23.5 Å². The lowest BCUT2D eigenvalue weighted by Crippen LogP contribution is -2.18. The van der Waals surface area contributed by atoms with E-state index >= 15 is 0 Å². The average molecular weight is 375 g/mol. The summed E-state index contributed by atoms with van der Waals surface area (Å²) in [6.07, 6.45) is 0. The number of ether oxygens (including phenoxy) is 1. The van der Waals surface area contributed by atoms with E-state index < -0.39 is 0 Å². The van der Waals surface area contributed by atoms with Crippen molar-refractivity contribution in [1.82, 2.24) is 15.5 Å². The molecule has 4 nitrogen and oxygen atoms in total. The summed E-state index contributed by atoms with van der Waals surface area (Å²) in [4.78, 5) is 0. The van der Waals surface area contributed by atoms with Gasteiger partial charge in [0.1, 0.15) is 10.0 Å². The summed E-state index contributed by atoms with van der Waals surface area (Å²) >= 11 is 3.92. The summed E-state index contributed by atoms with van der Waals surface area (Å²) in [6, 6.07) is 8.28. The summed E-state index contributed by atoms with van der Waals surface area (Å²) < 4.78 is 6.18. The van der Waals surface area contributed by atoms with Crippen LogP contribution >= 0.6 is 33.9 Å². The molecule has 1 heterocycles. The number of benzene rings is 1. The Morgan fingerprint density at radius 3 is 3.06 bits per heavy atom. The minimum absolute atomic E-state index is 0.711. The van der Waals surface area contributed by atoms with Crippen LogP contribution in [-0.4, -0.2) is 30.5 Å². The van der Waals surface area contributed by atoms with Gasteiger partial charge in [0.05, 0.1) is 6.61 Å². The first kappa shape index (κ1) is 13.9. The van der Waals surface area contributed by atoms with Crippen LogP contribution in [0, 0.1) is 3.57 Å². The summed E-state index contributed by atoms with van der Waals surface area (Å²) in [7, 11) is 1.70. The van der Waals surface area contributed by atoms with Gasteiger partial charge >= 0.3 is 0 Å². The molecule has 0 saturated carbocycles. The highest BCUT2D eigenvalue weighted by molar-refractivity contribution is 14.1. The molecule has 2 rings (SSSR count). The molecule has 0 fully saturated rings. The quantitative estimate of drug-likeness (QED) is 0.623. The van der Waals surface area contributed by atoms with Crippen molar-refractivity contribution >= 4 is 33.9 Å². The fraction of sp³-hybridized carbons (Fsp3) is 0.333. The van der Waals surface area contributed by atoms with E-state index in [1.807, 2.05) is 6.07 Å². The van der Waals surface area contributed by atoms with Crippen LogP contribution in [0.1, 0.15) is 5.01 Å². The minimum atomic E-state index is 0.711. The predicted molar refractivity (Wildman–Crippen MR) is 81.6 cm³/mol. The molecule has 2 aromatic rings. The molecule has 1 N–H and O–H groups in total. The highest BCUT2D eigenvalue weighted by Crippen LogP contribution is 2.24. The van der Waals surface area contributed by atoms with Crippen LogP contribution in [-0.2, 0) is 11.3 Å². The minimum Gasteiger partial charge on any atom is -0.383 e. The number of aromatic nitrogens is 2.